The molecule has 0 atom stereocenters. The van der Waals surface area contributed by atoms with Crippen molar-refractivity contribution in [2.24, 2.45) is 10.2 Å². The summed E-state index contributed by atoms with van der Waals surface area (Å²) in [5.41, 5.74) is 4.09. The first-order valence-electron chi connectivity index (χ1n) is 7.99. The molecule has 132 valence electrons. The van der Waals surface area contributed by atoms with Crippen molar-refractivity contribution in [3.8, 4) is 11.4 Å². The van der Waals surface area contributed by atoms with Crippen LogP contribution in [0.5, 0.6) is 5.75 Å². The second-order valence-corrected chi connectivity index (χ2v) is 6.05. The first-order chi connectivity index (χ1) is 12.6. The summed E-state index contributed by atoms with van der Waals surface area (Å²) in [6, 6.07) is 15.0. The minimum absolute atomic E-state index is 0.678. The number of hydrogen-bond donors (Lipinski definition) is 0. The van der Waals surface area contributed by atoms with E-state index in [9.17, 15) is 0 Å². The summed E-state index contributed by atoms with van der Waals surface area (Å²) < 4.78 is 6.88. The van der Waals surface area contributed by atoms with Crippen LogP contribution in [0.1, 0.15) is 23.9 Å². The maximum atomic E-state index is 5.93. The third kappa shape index (κ3) is 3.97. The molecule has 1 heterocycles. The van der Waals surface area contributed by atoms with Gasteiger partial charge >= 0.3 is 0 Å². The molecule has 0 aliphatic heterocycles. The van der Waals surface area contributed by atoms with E-state index in [2.05, 4.69) is 20.5 Å². The standard InChI is InChI=1S/C19H18ClN5O/c1-13(22-21-12-15-4-10-18(26-3)11-5-15)19-14(2)25(24-23-19)17-8-6-16(20)7-9-17/h4-12H,1-3H3/b21-12+,22-13-. The van der Waals surface area contributed by atoms with E-state index in [0.29, 0.717) is 16.4 Å². The maximum absolute atomic E-state index is 5.93. The van der Waals surface area contributed by atoms with Crippen molar-refractivity contribution in [2.75, 3.05) is 7.11 Å². The lowest BCUT2D eigenvalue weighted by Crippen LogP contribution is -2.01. The fourth-order valence-electron chi connectivity index (χ4n) is 2.41. The van der Waals surface area contributed by atoms with Gasteiger partial charge in [0.05, 0.1) is 30.4 Å². The fraction of sp³-hybridized carbons (Fsp3) is 0.158. The van der Waals surface area contributed by atoms with E-state index in [-0.39, 0.29) is 0 Å². The minimum Gasteiger partial charge on any atom is -0.497 e. The molecule has 0 unspecified atom stereocenters. The van der Waals surface area contributed by atoms with E-state index >= 15 is 0 Å². The molecule has 0 bridgehead atoms. The molecule has 1 aromatic heterocycles. The SMILES string of the molecule is COc1ccc(/C=N/N=C(/C)c2nnn(-c3ccc(Cl)cc3)c2C)cc1. The summed E-state index contributed by atoms with van der Waals surface area (Å²) in [7, 11) is 1.64. The van der Waals surface area contributed by atoms with Gasteiger partial charge in [-0.25, -0.2) is 4.68 Å². The summed E-state index contributed by atoms with van der Waals surface area (Å²) in [6.07, 6.45) is 1.68. The van der Waals surface area contributed by atoms with Crippen molar-refractivity contribution < 1.29 is 4.74 Å². The minimum atomic E-state index is 0.678. The largest absolute Gasteiger partial charge is 0.497 e. The first-order valence-corrected chi connectivity index (χ1v) is 8.36. The van der Waals surface area contributed by atoms with E-state index < -0.39 is 0 Å². The van der Waals surface area contributed by atoms with Gasteiger partial charge in [0.25, 0.3) is 0 Å². The van der Waals surface area contributed by atoms with Crippen LogP contribution in [-0.4, -0.2) is 34.0 Å². The smallest absolute Gasteiger partial charge is 0.132 e. The van der Waals surface area contributed by atoms with Crippen LogP contribution < -0.4 is 4.74 Å². The Morgan fingerprint density at radius 2 is 1.81 bits per heavy atom. The van der Waals surface area contributed by atoms with Gasteiger partial charge in [-0.3, -0.25) is 0 Å². The molecule has 3 rings (SSSR count). The van der Waals surface area contributed by atoms with Gasteiger partial charge in [0.15, 0.2) is 0 Å². The van der Waals surface area contributed by atoms with Crippen LogP contribution in [0.4, 0.5) is 0 Å². The van der Waals surface area contributed by atoms with Crippen molar-refractivity contribution in [1.29, 1.82) is 0 Å². The van der Waals surface area contributed by atoms with Crippen molar-refractivity contribution in [1.82, 2.24) is 15.0 Å². The number of methoxy groups -OCH3 is 1. The van der Waals surface area contributed by atoms with Gasteiger partial charge in [-0.15, -0.1) is 5.10 Å². The summed E-state index contributed by atoms with van der Waals surface area (Å²) in [5, 5.41) is 17.5. The monoisotopic (exact) mass is 367 g/mol. The molecule has 0 aliphatic carbocycles. The number of halogens is 1. The van der Waals surface area contributed by atoms with Gasteiger partial charge in [0.1, 0.15) is 11.4 Å². The lowest BCUT2D eigenvalue weighted by Gasteiger charge is -2.03. The molecule has 7 heteroatoms. The second kappa shape index (κ2) is 7.93. The van der Waals surface area contributed by atoms with Gasteiger partial charge < -0.3 is 4.74 Å². The molecule has 6 nitrogen and oxygen atoms in total. The van der Waals surface area contributed by atoms with E-state index in [1.807, 2.05) is 62.4 Å². The molecule has 0 fully saturated rings. The molecule has 0 N–H and O–H groups in total. The highest BCUT2D eigenvalue weighted by atomic mass is 35.5. The van der Waals surface area contributed by atoms with E-state index in [0.717, 1.165) is 22.7 Å². The predicted octanol–water partition coefficient (Wildman–Crippen LogP) is 4.08. The van der Waals surface area contributed by atoms with E-state index in [1.165, 1.54) is 0 Å². The number of ether oxygens (including phenoxy) is 1. The molecule has 0 radical (unpaired) electrons. The third-order valence-corrected chi connectivity index (χ3v) is 4.09. The number of aromatic nitrogens is 3. The first kappa shape index (κ1) is 17.8. The van der Waals surface area contributed by atoms with Gasteiger partial charge in [-0.1, -0.05) is 16.8 Å². The molecule has 2 aromatic carbocycles. The molecule has 0 aliphatic rings. The summed E-state index contributed by atoms with van der Waals surface area (Å²) in [4.78, 5) is 0. The molecule has 26 heavy (non-hydrogen) atoms. The Bertz CT molecular complexity index is 943. The predicted molar refractivity (Wildman–Crippen MR) is 104 cm³/mol. The maximum Gasteiger partial charge on any atom is 0.132 e. The van der Waals surface area contributed by atoms with Crippen LogP contribution in [0.15, 0.2) is 58.7 Å². The number of benzene rings is 2. The van der Waals surface area contributed by atoms with Crippen molar-refractivity contribution in [3.05, 3.63) is 70.5 Å². The normalized spacial score (nSPS) is 11.9. The van der Waals surface area contributed by atoms with Crippen molar-refractivity contribution in [2.45, 2.75) is 13.8 Å². The van der Waals surface area contributed by atoms with E-state index in [1.54, 1.807) is 18.0 Å². The molecule has 0 spiro atoms. The highest BCUT2D eigenvalue weighted by Gasteiger charge is 2.12. The second-order valence-electron chi connectivity index (χ2n) is 5.61. The zero-order valence-corrected chi connectivity index (χ0v) is 15.5. The summed E-state index contributed by atoms with van der Waals surface area (Å²) in [5.74, 6) is 0.802. The molecule has 3 aromatic rings. The van der Waals surface area contributed by atoms with Crippen LogP contribution in [-0.2, 0) is 0 Å². The Hall–Kier alpha value is -2.99. The lowest BCUT2D eigenvalue weighted by molar-refractivity contribution is 0.415. The number of hydrogen-bond acceptors (Lipinski definition) is 5. The zero-order valence-electron chi connectivity index (χ0n) is 14.7. The average Bonchev–Trinajstić information content (AvgIpc) is 3.04. The Kier molecular flexibility index (Phi) is 5.43. The van der Waals surface area contributed by atoms with Gasteiger partial charge in [0, 0.05) is 5.02 Å². The highest BCUT2D eigenvalue weighted by molar-refractivity contribution is 6.30. The molecular formula is C19H18ClN5O. The van der Waals surface area contributed by atoms with Crippen LogP contribution in [0.25, 0.3) is 5.69 Å². The average molecular weight is 368 g/mol. The Morgan fingerprint density at radius 1 is 1.12 bits per heavy atom. The number of rotatable bonds is 5. The van der Waals surface area contributed by atoms with Gasteiger partial charge in [0.2, 0.25) is 0 Å². The van der Waals surface area contributed by atoms with Crippen LogP contribution >= 0.6 is 11.6 Å². The van der Waals surface area contributed by atoms with E-state index in [4.69, 9.17) is 16.3 Å². The summed E-state index contributed by atoms with van der Waals surface area (Å²) >= 11 is 5.93. The van der Waals surface area contributed by atoms with Crippen molar-refractivity contribution >= 4 is 23.5 Å². The van der Waals surface area contributed by atoms with Crippen molar-refractivity contribution in [3.63, 3.8) is 0 Å². The zero-order chi connectivity index (χ0) is 18.5. The molecule has 0 amide bonds. The molecule has 0 saturated heterocycles. The highest BCUT2D eigenvalue weighted by Crippen LogP contribution is 2.16. The lowest BCUT2D eigenvalue weighted by atomic mass is 10.2. The third-order valence-electron chi connectivity index (χ3n) is 3.84. The van der Waals surface area contributed by atoms with Crippen LogP contribution in [0.2, 0.25) is 5.02 Å². The van der Waals surface area contributed by atoms with Crippen LogP contribution in [0, 0.1) is 6.92 Å². The topological polar surface area (TPSA) is 64.7 Å². The van der Waals surface area contributed by atoms with Gasteiger partial charge in [-0.2, -0.15) is 10.2 Å². The molecule has 0 saturated carbocycles. The Labute approximate surface area is 156 Å². The Balaban J connectivity index is 1.78. The summed E-state index contributed by atoms with van der Waals surface area (Å²) in [6.45, 7) is 3.80. The fourth-order valence-corrected chi connectivity index (χ4v) is 2.54. The van der Waals surface area contributed by atoms with Crippen LogP contribution in [0.3, 0.4) is 0 Å². The van der Waals surface area contributed by atoms with Gasteiger partial charge in [-0.05, 0) is 67.9 Å². The Morgan fingerprint density at radius 3 is 2.46 bits per heavy atom. The molecular weight excluding hydrogens is 350 g/mol. The quantitative estimate of drug-likeness (QED) is 0.504. The number of nitrogens with zero attached hydrogens (tertiary/aromatic N) is 5.